The van der Waals surface area contributed by atoms with E-state index < -0.39 is 17.7 Å². The normalized spacial score (nSPS) is 20.2. The first-order chi connectivity index (χ1) is 10.6. The Hall–Kier alpha value is -1.78. The molecule has 0 saturated carbocycles. The van der Waals surface area contributed by atoms with Crippen molar-refractivity contribution in [1.82, 2.24) is 4.90 Å². The highest BCUT2D eigenvalue weighted by Gasteiger charge is 2.26. The molecule has 0 unspecified atom stereocenters. The minimum Gasteiger partial charge on any atom is -0.387 e. The number of hydrogen-bond acceptors (Lipinski definition) is 2. The first-order valence-corrected chi connectivity index (χ1v) is 7.54. The quantitative estimate of drug-likeness (QED) is 0.934. The van der Waals surface area contributed by atoms with Crippen molar-refractivity contribution >= 4 is 0 Å². The summed E-state index contributed by atoms with van der Waals surface area (Å²) in [6, 6.07) is 13.5. The molecule has 0 aliphatic carbocycles. The van der Waals surface area contributed by atoms with Gasteiger partial charge in [0.15, 0.2) is 0 Å². The van der Waals surface area contributed by atoms with Crippen molar-refractivity contribution in [3.63, 3.8) is 0 Å². The summed E-state index contributed by atoms with van der Waals surface area (Å²) >= 11 is 0. The Kier molecular flexibility index (Phi) is 4.50. The van der Waals surface area contributed by atoms with Gasteiger partial charge in [0.05, 0.1) is 6.10 Å². The number of nitrogens with zero attached hydrogens (tertiary/aromatic N) is 1. The van der Waals surface area contributed by atoms with Crippen LogP contribution in [0.15, 0.2) is 48.5 Å². The second-order valence-electron chi connectivity index (χ2n) is 5.84. The van der Waals surface area contributed by atoms with Crippen LogP contribution in [0, 0.1) is 11.6 Å². The molecule has 0 bridgehead atoms. The van der Waals surface area contributed by atoms with Crippen molar-refractivity contribution in [1.29, 1.82) is 0 Å². The molecule has 1 aliphatic heterocycles. The van der Waals surface area contributed by atoms with Gasteiger partial charge in [-0.15, -0.1) is 0 Å². The molecule has 0 amide bonds. The first-order valence-electron chi connectivity index (χ1n) is 7.54. The number of benzene rings is 2. The summed E-state index contributed by atoms with van der Waals surface area (Å²) in [6.07, 6.45) is 0.00718. The van der Waals surface area contributed by atoms with E-state index in [9.17, 15) is 13.9 Å². The summed E-state index contributed by atoms with van der Waals surface area (Å²) in [6.45, 7) is 2.01. The van der Waals surface area contributed by atoms with Gasteiger partial charge in [-0.25, -0.2) is 8.78 Å². The molecule has 3 rings (SSSR count). The predicted octanol–water partition coefficient (Wildman–Crippen LogP) is 3.49. The van der Waals surface area contributed by atoms with Gasteiger partial charge in [0.1, 0.15) is 11.6 Å². The van der Waals surface area contributed by atoms with Crippen LogP contribution in [0.1, 0.15) is 29.6 Å². The minimum absolute atomic E-state index is 0.0307. The van der Waals surface area contributed by atoms with Gasteiger partial charge in [-0.2, -0.15) is 0 Å². The summed E-state index contributed by atoms with van der Waals surface area (Å²) in [5.41, 5.74) is 1.32. The zero-order valence-electron chi connectivity index (χ0n) is 12.3. The van der Waals surface area contributed by atoms with Crippen LogP contribution in [0.3, 0.4) is 0 Å². The number of hydrogen-bond donors (Lipinski definition) is 1. The SMILES string of the molecule is O[C@@H](CN1CC[C@H](c2ccccc2)C1)c1cc(F)ccc1F. The molecule has 1 aliphatic rings. The van der Waals surface area contributed by atoms with Crippen molar-refractivity contribution in [3.8, 4) is 0 Å². The summed E-state index contributed by atoms with van der Waals surface area (Å²) in [5.74, 6) is -0.655. The van der Waals surface area contributed by atoms with E-state index in [1.807, 2.05) is 18.2 Å². The number of halogens is 2. The Bertz CT molecular complexity index is 632. The van der Waals surface area contributed by atoms with E-state index >= 15 is 0 Å². The van der Waals surface area contributed by atoms with Crippen molar-refractivity contribution in [3.05, 3.63) is 71.3 Å². The number of aliphatic hydroxyl groups is 1. The Morgan fingerprint density at radius 2 is 1.91 bits per heavy atom. The molecule has 1 N–H and O–H groups in total. The van der Waals surface area contributed by atoms with Crippen molar-refractivity contribution < 1.29 is 13.9 Å². The Morgan fingerprint density at radius 3 is 2.68 bits per heavy atom. The van der Waals surface area contributed by atoms with E-state index in [0.29, 0.717) is 12.5 Å². The van der Waals surface area contributed by atoms with E-state index in [4.69, 9.17) is 0 Å². The van der Waals surface area contributed by atoms with Gasteiger partial charge < -0.3 is 5.11 Å². The van der Waals surface area contributed by atoms with E-state index in [1.54, 1.807) is 0 Å². The Labute approximate surface area is 129 Å². The molecule has 2 nitrogen and oxygen atoms in total. The number of likely N-dealkylation sites (tertiary alicyclic amines) is 1. The van der Waals surface area contributed by atoms with Gasteiger partial charge in [-0.3, -0.25) is 4.90 Å². The second-order valence-corrected chi connectivity index (χ2v) is 5.84. The van der Waals surface area contributed by atoms with Crippen LogP contribution < -0.4 is 0 Å². The highest BCUT2D eigenvalue weighted by atomic mass is 19.1. The Morgan fingerprint density at radius 1 is 1.14 bits per heavy atom. The van der Waals surface area contributed by atoms with Gasteiger partial charge >= 0.3 is 0 Å². The zero-order valence-corrected chi connectivity index (χ0v) is 12.3. The summed E-state index contributed by atoms with van der Waals surface area (Å²) in [4.78, 5) is 2.10. The maximum absolute atomic E-state index is 13.7. The smallest absolute Gasteiger partial charge is 0.129 e. The molecule has 1 saturated heterocycles. The third kappa shape index (κ3) is 3.34. The third-order valence-electron chi connectivity index (χ3n) is 4.29. The fourth-order valence-corrected chi connectivity index (χ4v) is 3.11. The molecule has 4 heteroatoms. The molecule has 1 heterocycles. The van der Waals surface area contributed by atoms with Crippen LogP contribution in [-0.4, -0.2) is 29.6 Å². The van der Waals surface area contributed by atoms with Crippen molar-refractivity contribution in [2.24, 2.45) is 0 Å². The number of β-amino-alcohol motifs (C(OH)–C–C–N with tert-alkyl or cyclic N) is 1. The molecule has 0 radical (unpaired) electrons. The van der Waals surface area contributed by atoms with Crippen LogP contribution in [-0.2, 0) is 0 Å². The van der Waals surface area contributed by atoms with Crippen molar-refractivity contribution in [2.75, 3.05) is 19.6 Å². The molecule has 116 valence electrons. The van der Waals surface area contributed by atoms with Gasteiger partial charge in [0.2, 0.25) is 0 Å². The van der Waals surface area contributed by atoms with Crippen LogP contribution in [0.2, 0.25) is 0 Å². The summed E-state index contributed by atoms with van der Waals surface area (Å²) in [5, 5.41) is 10.2. The standard InChI is InChI=1S/C18H19F2NO/c19-15-6-7-17(20)16(10-15)18(22)12-21-9-8-14(11-21)13-4-2-1-3-5-13/h1-7,10,14,18,22H,8-9,11-12H2/t14-,18-/m0/s1. The molecule has 2 aromatic carbocycles. The molecule has 1 fully saturated rings. The average molecular weight is 303 g/mol. The molecule has 0 spiro atoms. The van der Waals surface area contributed by atoms with Gasteiger partial charge in [-0.1, -0.05) is 30.3 Å². The molecule has 2 aromatic rings. The highest BCUT2D eigenvalue weighted by molar-refractivity contribution is 5.23. The third-order valence-corrected chi connectivity index (χ3v) is 4.29. The van der Waals surface area contributed by atoms with Crippen LogP contribution in [0.25, 0.3) is 0 Å². The van der Waals surface area contributed by atoms with Crippen molar-refractivity contribution in [2.45, 2.75) is 18.4 Å². The first kappa shape index (κ1) is 15.1. The van der Waals surface area contributed by atoms with Crippen LogP contribution in [0.5, 0.6) is 0 Å². The average Bonchev–Trinajstić information content (AvgIpc) is 2.99. The van der Waals surface area contributed by atoms with E-state index in [-0.39, 0.29) is 5.56 Å². The summed E-state index contributed by atoms with van der Waals surface area (Å²) < 4.78 is 26.9. The molecule has 22 heavy (non-hydrogen) atoms. The zero-order chi connectivity index (χ0) is 15.5. The molecule has 0 aromatic heterocycles. The summed E-state index contributed by atoms with van der Waals surface area (Å²) in [7, 11) is 0. The Balaban J connectivity index is 1.63. The lowest BCUT2D eigenvalue weighted by Crippen LogP contribution is -2.26. The van der Waals surface area contributed by atoms with Crippen LogP contribution in [0.4, 0.5) is 8.78 Å². The molecule has 2 atom stereocenters. The molecular formula is C18H19F2NO. The van der Waals surface area contributed by atoms with Gasteiger partial charge in [0.25, 0.3) is 0 Å². The monoisotopic (exact) mass is 303 g/mol. The largest absolute Gasteiger partial charge is 0.387 e. The fourth-order valence-electron chi connectivity index (χ4n) is 3.11. The van der Waals surface area contributed by atoms with Gasteiger partial charge in [-0.05, 0) is 42.6 Å². The number of aliphatic hydroxyl groups excluding tert-OH is 1. The van der Waals surface area contributed by atoms with Crippen LogP contribution >= 0.6 is 0 Å². The maximum atomic E-state index is 13.7. The number of rotatable bonds is 4. The van der Waals surface area contributed by atoms with Gasteiger partial charge in [0, 0.05) is 18.7 Å². The van der Waals surface area contributed by atoms with E-state index in [1.165, 1.54) is 5.56 Å². The van der Waals surface area contributed by atoms with E-state index in [0.717, 1.165) is 37.7 Å². The molecular weight excluding hydrogens is 284 g/mol. The maximum Gasteiger partial charge on any atom is 0.129 e. The predicted molar refractivity (Wildman–Crippen MR) is 81.6 cm³/mol. The lowest BCUT2D eigenvalue weighted by molar-refractivity contribution is 0.122. The van der Waals surface area contributed by atoms with E-state index in [2.05, 4.69) is 17.0 Å². The minimum atomic E-state index is -1.01. The lowest BCUT2D eigenvalue weighted by Gasteiger charge is -2.21. The second kappa shape index (κ2) is 6.55. The lowest BCUT2D eigenvalue weighted by atomic mass is 9.99. The topological polar surface area (TPSA) is 23.5 Å². The highest BCUT2D eigenvalue weighted by Crippen LogP contribution is 2.29. The fraction of sp³-hybridized carbons (Fsp3) is 0.333.